The van der Waals surface area contributed by atoms with Gasteiger partial charge in [-0.15, -0.1) is 0 Å². The van der Waals surface area contributed by atoms with Crippen LogP contribution in [0.2, 0.25) is 0 Å². The first-order chi connectivity index (χ1) is 8.13. The van der Waals surface area contributed by atoms with Crippen molar-refractivity contribution in [1.82, 2.24) is 10.3 Å². The highest BCUT2D eigenvalue weighted by molar-refractivity contribution is 5.83. The molecule has 94 valence electrons. The second-order valence-electron chi connectivity index (χ2n) is 3.87. The number of nitrogens with one attached hydrogen (secondary N) is 2. The minimum absolute atomic E-state index is 0.0645. The molecule has 17 heavy (non-hydrogen) atoms. The summed E-state index contributed by atoms with van der Waals surface area (Å²) in [4.78, 5) is 15.8. The number of carbonyl (C=O) groups excluding carboxylic acids is 1. The summed E-state index contributed by atoms with van der Waals surface area (Å²) in [5.74, 6) is 0.643. The number of hydrogen-bond donors (Lipinski definition) is 2. The van der Waals surface area contributed by atoms with Gasteiger partial charge in [0.25, 0.3) is 0 Å². The third-order valence-electron chi connectivity index (χ3n) is 2.28. The Morgan fingerprint density at radius 3 is 3.00 bits per heavy atom. The smallest absolute Gasteiger partial charge is 0.242 e. The molecule has 1 heterocycles. The van der Waals surface area contributed by atoms with Crippen molar-refractivity contribution >= 4 is 11.7 Å². The number of aromatic nitrogens is 1. The highest BCUT2D eigenvalue weighted by Crippen LogP contribution is 2.06. The van der Waals surface area contributed by atoms with E-state index in [2.05, 4.69) is 15.6 Å². The third kappa shape index (κ3) is 4.82. The average Bonchev–Trinajstić information content (AvgIpc) is 2.29. The number of pyridine rings is 1. The van der Waals surface area contributed by atoms with Gasteiger partial charge in [0.2, 0.25) is 5.91 Å². The molecule has 0 aliphatic carbocycles. The zero-order valence-corrected chi connectivity index (χ0v) is 10.5. The zero-order valence-electron chi connectivity index (χ0n) is 10.5. The van der Waals surface area contributed by atoms with Crippen LogP contribution in [0, 0.1) is 6.92 Å². The maximum Gasteiger partial charge on any atom is 0.242 e. The fourth-order valence-corrected chi connectivity index (χ4v) is 1.33. The van der Waals surface area contributed by atoms with Crippen molar-refractivity contribution < 1.29 is 9.53 Å². The third-order valence-corrected chi connectivity index (χ3v) is 2.28. The van der Waals surface area contributed by atoms with Crippen LogP contribution in [0.5, 0.6) is 0 Å². The van der Waals surface area contributed by atoms with E-state index in [0.29, 0.717) is 19.0 Å². The number of hydrogen-bond acceptors (Lipinski definition) is 4. The highest BCUT2D eigenvalue weighted by Gasteiger charge is 2.12. The lowest BCUT2D eigenvalue weighted by Gasteiger charge is -2.14. The van der Waals surface area contributed by atoms with Crippen molar-refractivity contribution in [2.24, 2.45) is 0 Å². The summed E-state index contributed by atoms with van der Waals surface area (Å²) in [6.45, 7) is 4.81. The summed E-state index contributed by atoms with van der Waals surface area (Å²) in [5.41, 5.74) is 1.11. The van der Waals surface area contributed by atoms with Gasteiger partial charge in [-0.2, -0.15) is 0 Å². The van der Waals surface area contributed by atoms with Crippen molar-refractivity contribution in [1.29, 1.82) is 0 Å². The van der Waals surface area contributed by atoms with Gasteiger partial charge in [-0.05, 0) is 31.5 Å². The molecule has 1 atom stereocenters. The van der Waals surface area contributed by atoms with E-state index < -0.39 is 0 Å². The first-order valence-corrected chi connectivity index (χ1v) is 5.59. The second-order valence-corrected chi connectivity index (χ2v) is 3.87. The Bertz CT molecular complexity index is 369. The van der Waals surface area contributed by atoms with Gasteiger partial charge in [0.15, 0.2) is 0 Å². The monoisotopic (exact) mass is 237 g/mol. The van der Waals surface area contributed by atoms with Crippen LogP contribution < -0.4 is 10.6 Å². The van der Waals surface area contributed by atoms with Crippen LogP contribution in [-0.4, -0.2) is 37.2 Å². The van der Waals surface area contributed by atoms with E-state index in [1.165, 1.54) is 0 Å². The lowest BCUT2D eigenvalue weighted by Crippen LogP contribution is -2.39. The van der Waals surface area contributed by atoms with Crippen LogP contribution in [0.4, 0.5) is 5.82 Å². The maximum absolute atomic E-state index is 11.7. The zero-order chi connectivity index (χ0) is 12.7. The molecule has 0 saturated heterocycles. The molecule has 0 saturated carbocycles. The molecule has 0 radical (unpaired) electrons. The van der Waals surface area contributed by atoms with Gasteiger partial charge in [0, 0.05) is 19.9 Å². The van der Waals surface area contributed by atoms with Crippen molar-refractivity contribution in [3.63, 3.8) is 0 Å². The van der Waals surface area contributed by atoms with Crippen LogP contribution in [0.15, 0.2) is 18.3 Å². The summed E-state index contributed by atoms with van der Waals surface area (Å²) in [6, 6.07) is 3.49. The summed E-state index contributed by atoms with van der Waals surface area (Å²) in [6.07, 6.45) is 1.72. The normalized spacial score (nSPS) is 11.9. The van der Waals surface area contributed by atoms with Crippen molar-refractivity contribution in [3.05, 3.63) is 23.9 Å². The minimum Gasteiger partial charge on any atom is -0.383 e. The molecule has 0 fully saturated rings. The van der Waals surface area contributed by atoms with Crippen molar-refractivity contribution in [2.75, 3.05) is 25.6 Å². The average molecular weight is 237 g/mol. The van der Waals surface area contributed by atoms with Gasteiger partial charge in [-0.3, -0.25) is 4.79 Å². The summed E-state index contributed by atoms with van der Waals surface area (Å²) in [5, 5.41) is 5.81. The fourth-order valence-electron chi connectivity index (χ4n) is 1.33. The standard InChI is InChI=1S/C12H19N3O2/c1-9-4-5-13-11(8-9)15-10(2)12(16)14-6-7-17-3/h4-5,8,10H,6-7H2,1-3H3,(H,13,15)(H,14,16). The molecule has 5 nitrogen and oxygen atoms in total. The predicted octanol–water partition coefficient (Wildman–Crippen LogP) is 0.953. The molecular formula is C12H19N3O2. The van der Waals surface area contributed by atoms with Crippen LogP contribution >= 0.6 is 0 Å². The molecular weight excluding hydrogens is 218 g/mol. The van der Waals surface area contributed by atoms with E-state index in [9.17, 15) is 4.79 Å². The Morgan fingerprint density at radius 1 is 1.59 bits per heavy atom. The number of nitrogens with zero attached hydrogens (tertiary/aromatic N) is 1. The minimum atomic E-state index is -0.318. The lowest BCUT2D eigenvalue weighted by molar-refractivity contribution is -0.121. The van der Waals surface area contributed by atoms with Crippen LogP contribution in [-0.2, 0) is 9.53 Å². The van der Waals surface area contributed by atoms with E-state index in [4.69, 9.17) is 4.74 Å². The summed E-state index contributed by atoms with van der Waals surface area (Å²) < 4.78 is 4.86. The molecule has 1 aromatic heterocycles. The molecule has 0 spiro atoms. The van der Waals surface area contributed by atoms with Crippen LogP contribution in [0.3, 0.4) is 0 Å². The Morgan fingerprint density at radius 2 is 2.35 bits per heavy atom. The van der Waals surface area contributed by atoms with Gasteiger partial charge in [0.05, 0.1) is 6.61 Å². The molecule has 0 aliphatic heterocycles. The Kier molecular flexibility index (Phi) is 5.42. The topological polar surface area (TPSA) is 63.2 Å². The molecule has 5 heteroatoms. The highest BCUT2D eigenvalue weighted by atomic mass is 16.5. The molecule has 1 aromatic rings. The number of ether oxygens (including phenoxy) is 1. The van der Waals surface area contributed by atoms with Crippen molar-refractivity contribution in [2.45, 2.75) is 19.9 Å². The molecule has 0 aromatic carbocycles. The molecule has 2 N–H and O–H groups in total. The first kappa shape index (κ1) is 13.4. The largest absolute Gasteiger partial charge is 0.383 e. The SMILES string of the molecule is COCCNC(=O)C(C)Nc1cc(C)ccn1. The van der Waals surface area contributed by atoms with E-state index in [1.807, 2.05) is 19.1 Å². The predicted molar refractivity (Wildman–Crippen MR) is 66.9 cm³/mol. The van der Waals surface area contributed by atoms with Gasteiger partial charge >= 0.3 is 0 Å². The van der Waals surface area contributed by atoms with E-state index in [-0.39, 0.29) is 11.9 Å². The molecule has 1 unspecified atom stereocenters. The van der Waals surface area contributed by atoms with Gasteiger partial charge in [0.1, 0.15) is 11.9 Å². The number of amides is 1. The molecule has 0 bridgehead atoms. The maximum atomic E-state index is 11.7. The number of carbonyl (C=O) groups is 1. The quantitative estimate of drug-likeness (QED) is 0.723. The van der Waals surface area contributed by atoms with Crippen molar-refractivity contribution in [3.8, 4) is 0 Å². The summed E-state index contributed by atoms with van der Waals surface area (Å²) >= 11 is 0. The Balaban J connectivity index is 2.43. The molecule has 1 amide bonds. The summed E-state index contributed by atoms with van der Waals surface area (Å²) in [7, 11) is 1.60. The first-order valence-electron chi connectivity index (χ1n) is 5.59. The molecule has 1 rings (SSSR count). The Hall–Kier alpha value is -1.62. The number of anilines is 1. The fraction of sp³-hybridized carbons (Fsp3) is 0.500. The number of methoxy groups -OCH3 is 1. The van der Waals surface area contributed by atoms with E-state index in [0.717, 1.165) is 5.56 Å². The van der Waals surface area contributed by atoms with Gasteiger partial charge in [-0.1, -0.05) is 0 Å². The second kappa shape index (κ2) is 6.85. The van der Waals surface area contributed by atoms with Crippen LogP contribution in [0.25, 0.3) is 0 Å². The van der Waals surface area contributed by atoms with E-state index in [1.54, 1.807) is 20.2 Å². The lowest BCUT2D eigenvalue weighted by atomic mass is 10.2. The molecule has 0 aliphatic rings. The number of aryl methyl sites for hydroxylation is 1. The number of rotatable bonds is 6. The van der Waals surface area contributed by atoms with E-state index >= 15 is 0 Å². The van der Waals surface area contributed by atoms with Gasteiger partial charge in [-0.25, -0.2) is 4.98 Å². The van der Waals surface area contributed by atoms with Gasteiger partial charge < -0.3 is 15.4 Å². The van der Waals surface area contributed by atoms with Crippen LogP contribution in [0.1, 0.15) is 12.5 Å². The Labute approximate surface area is 102 Å².